The SMILES string of the molecule is C=CCS(=O)(=O)c1ccc(F)c2ccccc12. The molecular weight excluding hydrogens is 239 g/mol. The summed E-state index contributed by atoms with van der Waals surface area (Å²) in [7, 11) is -3.44. The summed E-state index contributed by atoms with van der Waals surface area (Å²) < 4.78 is 37.5. The van der Waals surface area contributed by atoms with Gasteiger partial charge in [0, 0.05) is 10.8 Å². The van der Waals surface area contributed by atoms with Crippen molar-refractivity contribution in [1.29, 1.82) is 0 Å². The van der Waals surface area contributed by atoms with Gasteiger partial charge in [-0.25, -0.2) is 12.8 Å². The van der Waals surface area contributed by atoms with Crippen LogP contribution in [-0.2, 0) is 9.84 Å². The van der Waals surface area contributed by atoms with Crippen molar-refractivity contribution in [3.05, 3.63) is 54.9 Å². The van der Waals surface area contributed by atoms with Gasteiger partial charge in [0.15, 0.2) is 9.84 Å². The Balaban J connectivity index is 2.80. The third-order valence-corrected chi connectivity index (χ3v) is 4.20. The van der Waals surface area contributed by atoms with E-state index in [1.54, 1.807) is 24.3 Å². The van der Waals surface area contributed by atoms with Gasteiger partial charge < -0.3 is 0 Å². The van der Waals surface area contributed by atoms with E-state index in [-0.39, 0.29) is 10.6 Å². The minimum atomic E-state index is -3.44. The summed E-state index contributed by atoms with van der Waals surface area (Å²) in [6.45, 7) is 3.42. The first-order valence-corrected chi connectivity index (χ1v) is 6.72. The molecule has 0 radical (unpaired) electrons. The Kier molecular flexibility index (Phi) is 2.98. The van der Waals surface area contributed by atoms with Gasteiger partial charge in [0.25, 0.3) is 0 Å². The summed E-state index contributed by atoms with van der Waals surface area (Å²) in [6.07, 6.45) is 1.33. The van der Waals surface area contributed by atoms with E-state index in [1.165, 1.54) is 18.2 Å². The highest BCUT2D eigenvalue weighted by molar-refractivity contribution is 7.91. The predicted octanol–water partition coefficient (Wildman–Crippen LogP) is 2.94. The minimum Gasteiger partial charge on any atom is -0.223 e. The number of benzene rings is 2. The molecule has 4 heteroatoms. The van der Waals surface area contributed by atoms with E-state index in [9.17, 15) is 12.8 Å². The molecule has 0 N–H and O–H groups in total. The minimum absolute atomic E-state index is 0.148. The average Bonchev–Trinajstić information content (AvgIpc) is 2.29. The van der Waals surface area contributed by atoms with Gasteiger partial charge in [-0.05, 0) is 12.1 Å². The van der Waals surface area contributed by atoms with Gasteiger partial charge in [-0.15, -0.1) is 6.58 Å². The van der Waals surface area contributed by atoms with Crippen LogP contribution in [0.25, 0.3) is 10.8 Å². The van der Waals surface area contributed by atoms with Gasteiger partial charge in [-0.2, -0.15) is 0 Å². The first-order chi connectivity index (χ1) is 8.06. The van der Waals surface area contributed by atoms with Crippen molar-refractivity contribution in [3.63, 3.8) is 0 Å². The van der Waals surface area contributed by atoms with E-state index < -0.39 is 15.7 Å². The smallest absolute Gasteiger partial charge is 0.182 e. The molecule has 0 unspecified atom stereocenters. The third-order valence-electron chi connectivity index (χ3n) is 2.50. The van der Waals surface area contributed by atoms with Crippen molar-refractivity contribution in [2.45, 2.75) is 4.90 Å². The second-order valence-electron chi connectivity index (χ2n) is 3.66. The monoisotopic (exact) mass is 250 g/mol. The van der Waals surface area contributed by atoms with Crippen molar-refractivity contribution in [2.24, 2.45) is 0 Å². The number of fused-ring (bicyclic) bond motifs is 1. The largest absolute Gasteiger partial charge is 0.223 e. The lowest BCUT2D eigenvalue weighted by Crippen LogP contribution is -2.05. The van der Waals surface area contributed by atoms with E-state index in [2.05, 4.69) is 6.58 Å². The zero-order chi connectivity index (χ0) is 12.5. The van der Waals surface area contributed by atoms with E-state index >= 15 is 0 Å². The Morgan fingerprint density at radius 1 is 1.12 bits per heavy atom. The van der Waals surface area contributed by atoms with Gasteiger partial charge in [-0.1, -0.05) is 30.3 Å². The average molecular weight is 250 g/mol. The van der Waals surface area contributed by atoms with E-state index in [0.29, 0.717) is 10.8 Å². The molecule has 2 aromatic rings. The van der Waals surface area contributed by atoms with E-state index in [0.717, 1.165) is 0 Å². The Labute approximate surface area is 99.3 Å². The molecule has 0 aliphatic carbocycles. The molecule has 2 aromatic carbocycles. The molecule has 88 valence electrons. The summed E-state index contributed by atoms with van der Waals surface area (Å²) in [4.78, 5) is 0.148. The van der Waals surface area contributed by atoms with Crippen molar-refractivity contribution >= 4 is 20.6 Å². The van der Waals surface area contributed by atoms with Crippen LogP contribution in [0.2, 0.25) is 0 Å². The highest BCUT2D eigenvalue weighted by Crippen LogP contribution is 2.26. The molecule has 0 spiro atoms. The zero-order valence-corrected chi connectivity index (χ0v) is 9.87. The second-order valence-corrected chi connectivity index (χ2v) is 5.66. The topological polar surface area (TPSA) is 34.1 Å². The number of halogens is 1. The lowest BCUT2D eigenvalue weighted by Gasteiger charge is -2.07. The summed E-state index contributed by atoms with van der Waals surface area (Å²) >= 11 is 0. The highest BCUT2D eigenvalue weighted by atomic mass is 32.2. The maximum Gasteiger partial charge on any atom is 0.182 e. The third kappa shape index (κ3) is 2.08. The fourth-order valence-electron chi connectivity index (χ4n) is 1.75. The molecule has 0 aliphatic rings. The fraction of sp³-hybridized carbons (Fsp3) is 0.0769. The van der Waals surface area contributed by atoms with Crippen LogP contribution in [0.4, 0.5) is 4.39 Å². The molecule has 0 fully saturated rings. The van der Waals surface area contributed by atoms with E-state index in [4.69, 9.17) is 0 Å². The molecule has 0 aromatic heterocycles. The van der Waals surface area contributed by atoms with Gasteiger partial charge in [-0.3, -0.25) is 0 Å². The highest BCUT2D eigenvalue weighted by Gasteiger charge is 2.17. The molecule has 17 heavy (non-hydrogen) atoms. The van der Waals surface area contributed by atoms with Gasteiger partial charge >= 0.3 is 0 Å². The second kappa shape index (κ2) is 4.30. The quantitative estimate of drug-likeness (QED) is 0.620. The Morgan fingerprint density at radius 3 is 2.41 bits per heavy atom. The molecule has 0 aliphatic heterocycles. The molecule has 0 saturated carbocycles. The lowest BCUT2D eigenvalue weighted by atomic mass is 10.1. The maximum atomic E-state index is 13.5. The van der Waals surface area contributed by atoms with Crippen LogP contribution in [0.15, 0.2) is 53.9 Å². The molecule has 0 bridgehead atoms. The van der Waals surface area contributed by atoms with Crippen LogP contribution in [-0.4, -0.2) is 14.2 Å². The summed E-state index contributed by atoms with van der Waals surface area (Å²) in [5.41, 5.74) is 0. The Hall–Kier alpha value is -1.68. The first kappa shape index (κ1) is 11.8. The van der Waals surface area contributed by atoms with Crippen molar-refractivity contribution in [3.8, 4) is 0 Å². The van der Waals surface area contributed by atoms with Crippen LogP contribution >= 0.6 is 0 Å². The van der Waals surface area contributed by atoms with Gasteiger partial charge in [0.1, 0.15) is 5.82 Å². The standard InChI is InChI=1S/C13H11FO2S/c1-2-9-17(15,16)13-8-7-12(14)10-5-3-4-6-11(10)13/h2-8H,1,9H2. The Morgan fingerprint density at radius 2 is 1.76 bits per heavy atom. The molecule has 0 amide bonds. The maximum absolute atomic E-state index is 13.5. The number of hydrogen-bond donors (Lipinski definition) is 0. The molecular formula is C13H11FO2S. The number of sulfone groups is 1. The molecule has 0 saturated heterocycles. The summed E-state index contributed by atoms with van der Waals surface area (Å²) in [5.74, 6) is -0.569. The van der Waals surface area contributed by atoms with E-state index in [1.807, 2.05) is 0 Å². The van der Waals surface area contributed by atoms with Crippen LogP contribution in [0, 0.1) is 5.82 Å². The molecule has 2 rings (SSSR count). The zero-order valence-electron chi connectivity index (χ0n) is 9.06. The molecule has 0 heterocycles. The summed E-state index contributed by atoms with van der Waals surface area (Å²) in [6, 6.07) is 9.02. The van der Waals surface area contributed by atoms with Crippen LogP contribution in [0.5, 0.6) is 0 Å². The van der Waals surface area contributed by atoms with Gasteiger partial charge in [0.05, 0.1) is 10.6 Å². The van der Waals surface area contributed by atoms with Crippen molar-refractivity contribution < 1.29 is 12.8 Å². The van der Waals surface area contributed by atoms with Gasteiger partial charge in [0.2, 0.25) is 0 Å². The van der Waals surface area contributed by atoms with Crippen molar-refractivity contribution in [1.82, 2.24) is 0 Å². The number of hydrogen-bond acceptors (Lipinski definition) is 2. The number of rotatable bonds is 3. The first-order valence-electron chi connectivity index (χ1n) is 5.07. The normalized spacial score (nSPS) is 11.6. The predicted molar refractivity (Wildman–Crippen MR) is 66.2 cm³/mol. The van der Waals surface area contributed by atoms with Crippen molar-refractivity contribution in [2.75, 3.05) is 5.75 Å². The summed E-state index contributed by atoms with van der Waals surface area (Å²) in [5, 5.41) is 0.729. The van der Waals surface area contributed by atoms with Crippen LogP contribution in [0.1, 0.15) is 0 Å². The molecule has 2 nitrogen and oxygen atoms in total. The molecule has 0 atom stereocenters. The fourth-order valence-corrected chi connectivity index (χ4v) is 3.03. The van der Waals surface area contributed by atoms with Crippen LogP contribution in [0.3, 0.4) is 0 Å². The van der Waals surface area contributed by atoms with Crippen LogP contribution < -0.4 is 0 Å². The Bertz CT molecular complexity index is 675. The lowest BCUT2D eigenvalue weighted by molar-refractivity contribution is 0.599.